The van der Waals surface area contributed by atoms with Crippen molar-refractivity contribution in [3.63, 3.8) is 0 Å². The van der Waals surface area contributed by atoms with E-state index < -0.39 is 21.8 Å². The number of alkyl halides is 3. The molecule has 4 rings (SSSR count). The highest BCUT2D eigenvalue weighted by atomic mass is 32.2. The molecule has 1 saturated heterocycles. The monoisotopic (exact) mass is 511 g/mol. The fourth-order valence-corrected chi connectivity index (χ4v) is 5.64. The highest BCUT2D eigenvalue weighted by Crippen LogP contribution is 2.31. The first-order chi connectivity index (χ1) is 16.6. The van der Waals surface area contributed by atoms with E-state index in [1.54, 1.807) is 17.9 Å². The minimum atomic E-state index is -4.39. The molecule has 0 aromatic heterocycles. The van der Waals surface area contributed by atoms with Gasteiger partial charge >= 0.3 is 6.18 Å². The number of amides is 1. The van der Waals surface area contributed by atoms with Gasteiger partial charge in [0.1, 0.15) is 0 Å². The lowest BCUT2D eigenvalue weighted by atomic mass is 10.1. The Kier molecular flexibility index (Phi) is 7.39. The van der Waals surface area contributed by atoms with Gasteiger partial charge in [-0.1, -0.05) is 23.8 Å². The number of hydrogen-bond acceptors (Lipinski definition) is 5. The molecule has 0 unspecified atom stereocenters. The molecule has 0 radical (unpaired) electrons. The molecule has 7 nitrogen and oxygen atoms in total. The number of sulfonamides is 1. The van der Waals surface area contributed by atoms with Crippen LogP contribution >= 0.6 is 0 Å². The first-order valence-electron chi connectivity index (χ1n) is 11.5. The van der Waals surface area contributed by atoms with Crippen LogP contribution < -0.4 is 9.79 Å². The number of rotatable bonds is 6. The molecule has 2 aromatic rings. The fourth-order valence-electron chi connectivity index (χ4n) is 4.52. The second kappa shape index (κ2) is 10.2. The van der Waals surface area contributed by atoms with Gasteiger partial charge in [-0.15, -0.1) is 0 Å². The van der Waals surface area contributed by atoms with Crippen molar-refractivity contribution in [1.29, 1.82) is 0 Å². The average Bonchev–Trinajstić information content (AvgIpc) is 3.36. The van der Waals surface area contributed by atoms with Crippen LogP contribution in [0.1, 0.15) is 47.2 Å². The predicted molar refractivity (Wildman–Crippen MR) is 124 cm³/mol. The van der Waals surface area contributed by atoms with Gasteiger partial charge in [0.15, 0.2) is 0 Å². The number of hydrogen-bond donors (Lipinski definition) is 1. The van der Waals surface area contributed by atoms with E-state index in [4.69, 9.17) is 4.84 Å². The summed E-state index contributed by atoms with van der Waals surface area (Å²) in [5, 5.41) is 0. The largest absolute Gasteiger partial charge is 0.416 e. The molecule has 1 N–H and O–H groups in total. The highest BCUT2D eigenvalue weighted by Gasteiger charge is 2.31. The Balaban J connectivity index is 1.41. The minimum absolute atomic E-state index is 0.00950. The number of piperazine rings is 1. The van der Waals surface area contributed by atoms with Gasteiger partial charge in [0.2, 0.25) is 0 Å². The molecule has 0 atom stereocenters. The van der Waals surface area contributed by atoms with E-state index in [0.717, 1.165) is 37.8 Å². The third-order valence-electron chi connectivity index (χ3n) is 6.56. The molecular weight excluding hydrogens is 483 g/mol. The summed E-state index contributed by atoms with van der Waals surface area (Å²) in [4.78, 5) is 24.3. The zero-order valence-corrected chi connectivity index (χ0v) is 20.2. The zero-order chi connectivity index (χ0) is 25.2. The van der Waals surface area contributed by atoms with E-state index in [9.17, 15) is 26.4 Å². The van der Waals surface area contributed by atoms with Crippen LogP contribution in [0.3, 0.4) is 0 Å². The van der Waals surface area contributed by atoms with Gasteiger partial charge < -0.3 is 9.80 Å². The maximum Gasteiger partial charge on any atom is 0.416 e. The molecule has 0 bridgehead atoms. The molecule has 1 aliphatic heterocycles. The molecule has 35 heavy (non-hydrogen) atoms. The Morgan fingerprint density at radius 3 is 2.23 bits per heavy atom. The number of carbonyl (C=O) groups is 1. The molecule has 11 heteroatoms. The lowest BCUT2D eigenvalue weighted by Gasteiger charge is -2.36. The van der Waals surface area contributed by atoms with E-state index in [1.807, 2.05) is 4.90 Å². The third kappa shape index (κ3) is 5.79. The van der Waals surface area contributed by atoms with Crippen LogP contribution in [-0.4, -0.2) is 51.5 Å². The van der Waals surface area contributed by atoms with Crippen molar-refractivity contribution >= 4 is 21.6 Å². The summed E-state index contributed by atoms with van der Waals surface area (Å²) >= 11 is 0. The van der Waals surface area contributed by atoms with Gasteiger partial charge in [0.05, 0.1) is 16.6 Å². The van der Waals surface area contributed by atoms with Crippen molar-refractivity contribution in [2.45, 2.75) is 49.8 Å². The Hall–Kier alpha value is -2.63. The Bertz CT molecular complexity index is 1160. The molecule has 0 spiro atoms. The summed E-state index contributed by atoms with van der Waals surface area (Å²) in [6.07, 6.45) is -0.919. The lowest BCUT2D eigenvalue weighted by Crippen LogP contribution is -2.49. The van der Waals surface area contributed by atoms with Gasteiger partial charge in [0.25, 0.3) is 15.9 Å². The van der Waals surface area contributed by atoms with Gasteiger partial charge in [-0.3, -0.25) is 9.63 Å². The van der Waals surface area contributed by atoms with Crippen molar-refractivity contribution in [2.75, 3.05) is 31.1 Å². The standard InChI is InChI=1S/C24H28F3N3O4S/c1-17-21(7-4-8-22(17)35(32,33)28-34-20-5-2-3-6-20)23(31)30-15-13-29(14-16-30)19-11-9-18(10-12-19)24(25,26)27/h4,7-12,20,28H,2-3,5-6,13-16H2,1H3. The SMILES string of the molecule is Cc1c(C(=O)N2CCN(c3ccc(C(F)(F)F)cc3)CC2)cccc1S(=O)(=O)NOC1CCCC1. The molecule has 2 aromatic carbocycles. The molecular formula is C24H28F3N3O4S. The van der Waals surface area contributed by atoms with E-state index in [-0.39, 0.29) is 22.5 Å². The number of benzene rings is 2. The number of carbonyl (C=O) groups excluding carboxylic acids is 1. The smallest absolute Gasteiger partial charge is 0.368 e. The minimum Gasteiger partial charge on any atom is -0.368 e. The quantitative estimate of drug-likeness (QED) is 0.590. The molecule has 1 aliphatic carbocycles. The summed E-state index contributed by atoms with van der Waals surface area (Å²) in [5.41, 5.74) is 0.577. The van der Waals surface area contributed by atoms with Crippen LogP contribution in [0.25, 0.3) is 0 Å². The summed E-state index contributed by atoms with van der Waals surface area (Å²) in [6.45, 7) is 3.21. The molecule has 2 fully saturated rings. The fraction of sp³-hybridized carbons (Fsp3) is 0.458. The molecule has 2 aliphatic rings. The van der Waals surface area contributed by atoms with E-state index in [0.29, 0.717) is 37.4 Å². The summed E-state index contributed by atoms with van der Waals surface area (Å²) < 4.78 is 64.0. The van der Waals surface area contributed by atoms with E-state index >= 15 is 0 Å². The Morgan fingerprint density at radius 1 is 1.00 bits per heavy atom. The molecule has 1 heterocycles. The van der Waals surface area contributed by atoms with Crippen molar-refractivity contribution in [2.24, 2.45) is 0 Å². The summed E-state index contributed by atoms with van der Waals surface area (Å²) in [6, 6.07) is 9.52. The second-order valence-corrected chi connectivity index (χ2v) is 10.5. The van der Waals surface area contributed by atoms with E-state index in [1.165, 1.54) is 24.3 Å². The van der Waals surface area contributed by atoms with Gasteiger partial charge in [-0.05, 0) is 61.7 Å². The number of nitrogens with zero attached hydrogens (tertiary/aromatic N) is 2. The first kappa shape index (κ1) is 25.5. The van der Waals surface area contributed by atoms with Crippen LogP contribution in [0.5, 0.6) is 0 Å². The summed E-state index contributed by atoms with van der Waals surface area (Å²) in [5.74, 6) is -0.289. The second-order valence-electron chi connectivity index (χ2n) is 8.86. The maximum atomic E-state index is 13.2. The lowest BCUT2D eigenvalue weighted by molar-refractivity contribution is -0.137. The molecule has 1 saturated carbocycles. The normalized spacial score (nSPS) is 17.7. The third-order valence-corrected chi connectivity index (χ3v) is 7.89. The zero-order valence-electron chi connectivity index (χ0n) is 19.3. The van der Waals surface area contributed by atoms with E-state index in [2.05, 4.69) is 4.89 Å². The summed E-state index contributed by atoms with van der Waals surface area (Å²) in [7, 11) is -3.96. The predicted octanol–water partition coefficient (Wildman–Crippen LogP) is 4.13. The topological polar surface area (TPSA) is 79.0 Å². The molecule has 190 valence electrons. The number of nitrogens with one attached hydrogen (secondary N) is 1. The number of anilines is 1. The van der Waals surface area contributed by atoms with Crippen molar-refractivity contribution in [1.82, 2.24) is 9.79 Å². The van der Waals surface area contributed by atoms with Crippen LogP contribution in [0, 0.1) is 6.92 Å². The first-order valence-corrected chi connectivity index (χ1v) is 13.0. The van der Waals surface area contributed by atoms with Crippen LogP contribution in [-0.2, 0) is 21.0 Å². The Morgan fingerprint density at radius 2 is 1.63 bits per heavy atom. The van der Waals surface area contributed by atoms with Crippen LogP contribution in [0.15, 0.2) is 47.4 Å². The Labute approximate surface area is 202 Å². The van der Waals surface area contributed by atoms with Crippen molar-refractivity contribution < 1.29 is 31.2 Å². The van der Waals surface area contributed by atoms with Crippen LogP contribution in [0.4, 0.5) is 18.9 Å². The average molecular weight is 512 g/mol. The van der Waals surface area contributed by atoms with Gasteiger partial charge in [-0.2, -0.15) is 13.2 Å². The molecule has 1 amide bonds. The van der Waals surface area contributed by atoms with Gasteiger partial charge in [-0.25, -0.2) is 8.42 Å². The maximum absolute atomic E-state index is 13.2. The van der Waals surface area contributed by atoms with Crippen LogP contribution in [0.2, 0.25) is 0 Å². The van der Waals surface area contributed by atoms with Crippen molar-refractivity contribution in [3.05, 3.63) is 59.2 Å². The van der Waals surface area contributed by atoms with Crippen molar-refractivity contribution in [3.8, 4) is 0 Å². The highest BCUT2D eigenvalue weighted by molar-refractivity contribution is 7.89. The van der Waals surface area contributed by atoms with Gasteiger partial charge in [0, 0.05) is 37.4 Å². The number of halogens is 3.